The molecule has 0 spiro atoms. The third-order valence-corrected chi connectivity index (χ3v) is 5.17. The first-order valence-electron chi connectivity index (χ1n) is 6.75. The lowest BCUT2D eigenvalue weighted by molar-refractivity contribution is 0.193. The molecule has 0 aliphatic carbocycles. The Morgan fingerprint density at radius 2 is 2.24 bits per heavy atom. The molecule has 21 heavy (non-hydrogen) atoms. The van der Waals surface area contributed by atoms with Gasteiger partial charge < -0.3 is 15.8 Å². The van der Waals surface area contributed by atoms with E-state index in [2.05, 4.69) is 15.3 Å². The number of nitrogens with zero attached hydrogens (tertiary/aromatic N) is 3. The van der Waals surface area contributed by atoms with E-state index in [0.717, 1.165) is 18.7 Å². The Balaban J connectivity index is 2.00. The number of nitrogens with one attached hydrogen (secondary N) is 1. The highest BCUT2D eigenvalue weighted by atomic mass is 32.2. The zero-order valence-corrected chi connectivity index (χ0v) is 13.1. The molecular formula is C12H21N5O3S. The van der Waals surface area contributed by atoms with Crippen LogP contribution in [0.1, 0.15) is 18.0 Å². The number of aromatic nitrogens is 2. The van der Waals surface area contributed by atoms with Gasteiger partial charge in [0.15, 0.2) is 0 Å². The first kappa shape index (κ1) is 15.9. The summed E-state index contributed by atoms with van der Waals surface area (Å²) < 4.78 is 29.9. The van der Waals surface area contributed by atoms with Crippen LogP contribution in [-0.2, 0) is 14.8 Å². The Kier molecular flexibility index (Phi) is 4.96. The lowest BCUT2D eigenvalue weighted by Crippen LogP contribution is -2.28. The molecule has 2 rings (SSSR count). The van der Waals surface area contributed by atoms with Crippen LogP contribution in [0.25, 0.3) is 0 Å². The largest absolute Gasteiger partial charge is 0.381 e. The normalized spacial score (nSPS) is 19.1. The van der Waals surface area contributed by atoms with Crippen molar-refractivity contribution in [3.8, 4) is 0 Å². The minimum absolute atomic E-state index is 0.00815. The molecule has 2 heterocycles. The Morgan fingerprint density at radius 3 is 2.86 bits per heavy atom. The van der Waals surface area contributed by atoms with E-state index in [0.29, 0.717) is 12.4 Å². The first-order chi connectivity index (χ1) is 9.88. The molecule has 8 nitrogen and oxygen atoms in total. The van der Waals surface area contributed by atoms with Gasteiger partial charge in [-0.05, 0) is 6.42 Å². The van der Waals surface area contributed by atoms with Crippen molar-refractivity contribution in [2.75, 3.05) is 50.7 Å². The fraction of sp³-hybridized carbons (Fsp3) is 0.667. The topological polar surface area (TPSA) is 110 Å². The van der Waals surface area contributed by atoms with Gasteiger partial charge in [0.05, 0.1) is 18.1 Å². The molecule has 0 bridgehead atoms. The van der Waals surface area contributed by atoms with Gasteiger partial charge in [-0.1, -0.05) is 0 Å². The van der Waals surface area contributed by atoms with Crippen LogP contribution in [0.15, 0.2) is 6.07 Å². The summed E-state index contributed by atoms with van der Waals surface area (Å²) in [5.74, 6) is 0.934. The van der Waals surface area contributed by atoms with Gasteiger partial charge >= 0.3 is 0 Å². The molecule has 1 aliphatic rings. The summed E-state index contributed by atoms with van der Waals surface area (Å²) in [7, 11) is -0.208. The number of nitrogens with two attached hydrogens (primary N) is 1. The first-order valence-corrected chi connectivity index (χ1v) is 8.35. The lowest BCUT2D eigenvalue weighted by atomic mass is 10.0. The molecular weight excluding hydrogens is 294 g/mol. The molecule has 1 aromatic rings. The summed E-state index contributed by atoms with van der Waals surface area (Å²) in [6, 6.07) is 1.80. The second kappa shape index (κ2) is 6.54. The third-order valence-electron chi connectivity index (χ3n) is 3.33. The average molecular weight is 315 g/mol. The molecule has 1 fully saturated rings. The molecule has 1 aliphatic heterocycles. The van der Waals surface area contributed by atoms with Crippen molar-refractivity contribution in [2.24, 2.45) is 0 Å². The molecule has 1 saturated heterocycles. The fourth-order valence-corrected chi connectivity index (χ4v) is 2.77. The Labute approximate surface area is 124 Å². The van der Waals surface area contributed by atoms with Crippen LogP contribution in [-0.4, -0.2) is 62.3 Å². The highest BCUT2D eigenvalue weighted by Crippen LogP contribution is 2.25. The quantitative estimate of drug-likeness (QED) is 0.752. The van der Waals surface area contributed by atoms with Gasteiger partial charge in [0.25, 0.3) is 0 Å². The zero-order chi connectivity index (χ0) is 15.5. The van der Waals surface area contributed by atoms with Crippen molar-refractivity contribution >= 4 is 21.8 Å². The second-order valence-corrected chi connectivity index (χ2v) is 7.42. The summed E-state index contributed by atoms with van der Waals surface area (Å²) >= 11 is 0. The van der Waals surface area contributed by atoms with E-state index in [1.165, 1.54) is 18.4 Å². The highest BCUT2D eigenvalue weighted by molar-refractivity contribution is 7.89. The SMILES string of the molecule is CN(C)S(=O)(=O)CCNc1cc([C@H]2CCOC2)nc(N)n1. The average Bonchev–Trinajstić information content (AvgIpc) is 2.91. The maximum absolute atomic E-state index is 11.7. The molecule has 0 aromatic carbocycles. The number of ether oxygens (including phenoxy) is 1. The van der Waals surface area contributed by atoms with Crippen LogP contribution in [0.2, 0.25) is 0 Å². The van der Waals surface area contributed by atoms with Gasteiger partial charge in [0.2, 0.25) is 16.0 Å². The standard InChI is InChI=1S/C12H21N5O3S/c1-17(2)21(18,19)6-4-14-11-7-10(15-12(13)16-11)9-3-5-20-8-9/h7,9H,3-6,8H2,1-2H3,(H3,13,14,15,16)/t9-/m0/s1. The van der Waals surface area contributed by atoms with Crippen LogP contribution >= 0.6 is 0 Å². The van der Waals surface area contributed by atoms with Gasteiger partial charge in [-0.25, -0.2) is 17.7 Å². The van der Waals surface area contributed by atoms with Gasteiger partial charge in [0.1, 0.15) is 5.82 Å². The van der Waals surface area contributed by atoms with E-state index < -0.39 is 10.0 Å². The van der Waals surface area contributed by atoms with Crippen molar-refractivity contribution < 1.29 is 13.2 Å². The van der Waals surface area contributed by atoms with Crippen molar-refractivity contribution in [3.05, 3.63) is 11.8 Å². The lowest BCUT2D eigenvalue weighted by Gasteiger charge is -2.13. The molecule has 118 valence electrons. The summed E-state index contributed by atoms with van der Waals surface area (Å²) in [6.45, 7) is 1.61. The fourth-order valence-electron chi connectivity index (χ4n) is 2.04. The second-order valence-electron chi connectivity index (χ2n) is 5.12. The van der Waals surface area contributed by atoms with Crippen LogP contribution in [0.4, 0.5) is 11.8 Å². The Hall–Kier alpha value is -1.45. The van der Waals surface area contributed by atoms with Crippen LogP contribution in [0, 0.1) is 0 Å². The Morgan fingerprint density at radius 1 is 1.48 bits per heavy atom. The number of nitrogen functional groups attached to an aromatic ring is 1. The monoisotopic (exact) mass is 315 g/mol. The highest BCUT2D eigenvalue weighted by Gasteiger charge is 2.20. The molecule has 1 aromatic heterocycles. The van der Waals surface area contributed by atoms with E-state index in [1.54, 1.807) is 6.07 Å². The number of hydrogen-bond donors (Lipinski definition) is 2. The maximum Gasteiger partial charge on any atom is 0.222 e. The number of anilines is 2. The smallest absolute Gasteiger partial charge is 0.222 e. The Bertz CT molecular complexity index is 585. The van der Waals surface area contributed by atoms with E-state index >= 15 is 0 Å². The predicted octanol–water partition coefficient (Wildman–Crippen LogP) is -0.134. The van der Waals surface area contributed by atoms with Gasteiger partial charge in [-0.2, -0.15) is 4.98 Å². The molecule has 9 heteroatoms. The predicted molar refractivity (Wildman–Crippen MR) is 80.6 cm³/mol. The van der Waals surface area contributed by atoms with Gasteiger partial charge in [0, 0.05) is 39.2 Å². The van der Waals surface area contributed by atoms with E-state index in [9.17, 15) is 8.42 Å². The summed E-state index contributed by atoms with van der Waals surface area (Å²) in [6.07, 6.45) is 0.908. The molecule has 1 atom stereocenters. The van der Waals surface area contributed by atoms with Crippen molar-refractivity contribution in [2.45, 2.75) is 12.3 Å². The van der Waals surface area contributed by atoms with Gasteiger partial charge in [-0.15, -0.1) is 0 Å². The number of hydrogen-bond acceptors (Lipinski definition) is 7. The summed E-state index contributed by atoms with van der Waals surface area (Å²) in [5, 5.41) is 2.98. The molecule has 0 radical (unpaired) electrons. The third kappa shape index (κ3) is 4.26. The minimum atomic E-state index is -3.23. The molecule has 0 amide bonds. The summed E-state index contributed by atoms with van der Waals surface area (Å²) in [5.41, 5.74) is 6.53. The summed E-state index contributed by atoms with van der Waals surface area (Å²) in [4.78, 5) is 8.30. The van der Waals surface area contributed by atoms with Crippen molar-refractivity contribution in [1.82, 2.24) is 14.3 Å². The van der Waals surface area contributed by atoms with Crippen LogP contribution < -0.4 is 11.1 Å². The van der Waals surface area contributed by atoms with Gasteiger partial charge in [-0.3, -0.25) is 0 Å². The molecule has 3 N–H and O–H groups in total. The van der Waals surface area contributed by atoms with E-state index in [4.69, 9.17) is 10.5 Å². The zero-order valence-electron chi connectivity index (χ0n) is 12.2. The molecule has 0 saturated carbocycles. The van der Waals surface area contributed by atoms with E-state index in [-0.39, 0.29) is 24.2 Å². The number of sulfonamides is 1. The van der Waals surface area contributed by atoms with Crippen molar-refractivity contribution in [3.63, 3.8) is 0 Å². The molecule has 0 unspecified atom stereocenters. The van der Waals surface area contributed by atoms with Crippen LogP contribution in [0.3, 0.4) is 0 Å². The maximum atomic E-state index is 11.7. The van der Waals surface area contributed by atoms with E-state index in [1.807, 2.05) is 0 Å². The van der Waals surface area contributed by atoms with Crippen LogP contribution in [0.5, 0.6) is 0 Å². The van der Waals surface area contributed by atoms with Crippen molar-refractivity contribution in [1.29, 1.82) is 0 Å². The number of rotatable bonds is 6. The minimum Gasteiger partial charge on any atom is -0.381 e.